The molecule has 0 radical (unpaired) electrons. The van der Waals surface area contributed by atoms with Gasteiger partial charge in [0.2, 0.25) is 0 Å². The van der Waals surface area contributed by atoms with Crippen molar-refractivity contribution in [2.24, 2.45) is 0 Å². The van der Waals surface area contributed by atoms with Gasteiger partial charge in [-0.15, -0.1) is 0 Å². The summed E-state index contributed by atoms with van der Waals surface area (Å²) in [5, 5.41) is 33.0. The van der Waals surface area contributed by atoms with Gasteiger partial charge in [-0.05, 0) is 69.1 Å². The molecule has 4 aromatic rings. The number of methoxy groups -OCH3 is 1. The van der Waals surface area contributed by atoms with Gasteiger partial charge in [0, 0.05) is 0 Å². The molecule has 0 saturated carbocycles. The van der Waals surface area contributed by atoms with Crippen molar-refractivity contribution >= 4 is 32.7 Å². The number of fused-ring (bicyclic) bond motifs is 2. The molecule has 0 saturated heterocycles. The zero-order valence-corrected chi connectivity index (χ0v) is 15.7. The fourth-order valence-electron chi connectivity index (χ4n) is 3.42. The molecule has 4 aromatic carbocycles. The molecule has 0 fully saturated rings. The SMILES string of the molecule is COc1ccc2cc(/C(C#N)=C(\C#N)c3ccc4cc(O)ccc4c3)ccc2c1. The van der Waals surface area contributed by atoms with Gasteiger partial charge in [-0.25, -0.2) is 0 Å². The number of allylic oxidation sites excluding steroid dienone is 2. The van der Waals surface area contributed by atoms with Crippen LogP contribution in [0.5, 0.6) is 11.5 Å². The van der Waals surface area contributed by atoms with Gasteiger partial charge in [-0.2, -0.15) is 10.5 Å². The first-order valence-corrected chi connectivity index (χ1v) is 8.99. The van der Waals surface area contributed by atoms with Gasteiger partial charge in [0.25, 0.3) is 0 Å². The minimum atomic E-state index is 0.187. The van der Waals surface area contributed by atoms with Crippen molar-refractivity contribution in [1.29, 1.82) is 10.5 Å². The van der Waals surface area contributed by atoms with Crippen molar-refractivity contribution in [1.82, 2.24) is 0 Å². The van der Waals surface area contributed by atoms with E-state index >= 15 is 0 Å². The smallest absolute Gasteiger partial charge is 0.119 e. The largest absolute Gasteiger partial charge is 0.508 e. The minimum Gasteiger partial charge on any atom is -0.508 e. The maximum atomic E-state index is 9.83. The minimum absolute atomic E-state index is 0.187. The summed E-state index contributed by atoms with van der Waals surface area (Å²) < 4.78 is 5.26. The van der Waals surface area contributed by atoms with E-state index in [-0.39, 0.29) is 5.75 Å². The molecule has 29 heavy (non-hydrogen) atoms. The molecule has 0 aliphatic carbocycles. The third-order valence-corrected chi connectivity index (χ3v) is 4.92. The number of hydrogen-bond donors (Lipinski definition) is 1. The monoisotopic (exact) mass is 376 g/mol. The lowest BCUT2D eigenvalue weighted by atomic mass is 9.93. The van der Waals surface area contributed by atoms with Crippen LogP contribution in [0.25, 0.3) is 32.7 Å². The van der Waals surface area contributed by atoms with E-state index in [1.807, 2.05) is 48.5 Å². The Labute approximate surface area is 168 Å². The normalized spacial score (nSPS) is 11.6. The van der Waals surface area contributed by atoms with E-state index in [1.165, 1.54) is 0 Å². The molecule has 138 valence electrons. The summed E-state index contributed by atoms with van der Waals surface area (Å²) in [4.78, 5) is 0. The first kappa shape index (κ1) is 18.1. The fraction of sp³-hybridized carbons (Fsp3) is 0.0400. The molecule has 0 atom stereocenters. The van der Waals surface area contributed by atoms with Crippen molar-refractivity contribution in [2.75, 3.05) is 7.11 Å². The Morgan fingerprint density at radius 1 is 0.690 bits per heavy atom. The second-order valence-corrected chi connectivity index (χ2v) is 6.65. The lowest BCUT2D eigenvalue weighted by Gasteiger charge is -2.08. The van der Waals surface area contributed by atoms with Gasteiger partial charge in [-0.3, -0.25) is 0 Å². The second kappa shape index (κ2) is 7.38. The standard InChI is InChI=1S/C25H16N2O2/c1-29-23-9-7-17-11-21(5-3-19(17)13-23)25(15-27)24(14-26)20-4-2-18-12-22(28)8-6-16(18)10-20/h2-13,28H,1H3/b25-24+. The lowest BCUT2D eigenvalue weighted by molar-refractivity contribution is 0.415. The van der Waals surface area contributed by atoms with Crippen molar-refractivity contribution in [3.8, 4) is 23.6 Å². The number of phenols is 1. The number of nitrogens with zero attached hydrogens (tertiary/aromatic N) is 2. The Bertz CT molecular complexity index is 1370. The van der Waals surface area contributed by atoms with Crippen LogP contribution in [0.3, 0.4) is 0 Å². The Morgan fingerprint density at radius 3 is 1.72 bits per heavy atom. The molecular formula is C25H16N2O2. The van der Waals surface area contributed by atoms with Gasteiger partial charge in [0.1, 0.15) is 23.6 Å². The molecule has 0 amide bonds. The van der Waals surface area contributed by atoms with Crippen LogP contribution >= 0.6 is 0 Å². The first-order valence-electron chi connectivity index (χ1n) is 8.99. The van der Waals surface area contributed by atoms with E-state index in [4.69, 9.17) is 4.74 Å². The van der Waals surface area contributed by atoms with Crippen LogP contribution in [0.15, 0.2) is 72.8 Å². The number of nitriles is 2. The quantitative estimate of drug-likeness (QED) is 0.369. The molecule has 0 heterocycles. The maximum Gasteiger partial charge on any atom is 0.119 e. The molecule has 0 bridgehead atoms. The van der Waals surface area contributed by atoms with Gasteiger partial charge in [-0.1, -0.05) is 36.4 Å². The second-order valence-electron chi connectivity index (χ2n) is 6.65. The Balaban J connectivity index is 1.87. The van der Waals surface area contributed by atoms with Crippen molar-refractivity contribution in [3.05, 3.63) is 83.9 Å². The van der Waals surface area contributed by atoms with Gasteiger partial charge in [0.15, 0.2) is 0 Å². The lowest BCUT2D eigenvalue weighted by Crippen LogP contribution is -1.91. The molecule has 4 nitrogen and oxygen atoms in total. The van der Waals surface area contributed by atoms with Crippen LogP contribution in [0.4, 0.5) is 0 Å². The third-order valence-electron chi connectivity index (χ3n) is 4.92. The van der Waals surface area contributed by atoms with Crippen molar-refractivity contribution < 1.29 is 9.84 Å². The number of aromatic hydroxyl groups is 1. The molecule has 4 heteroatoms. The zero-order chi connectivity index (χ0) is 20.4. The molecule has 0 aromatic heterocycles. The predicted octanol–water partition coefficient (Wildman–Crippen LogP) is 5.67. The Morgan fingerprint density at radius 2 is 1.17 bits per heavy atom. The maximum absolute atomic E-state index is 9.83. The highest BCUT2D eigenvalue weighted by atomic mass is 16.5. The highest BCUT2D eigenvalue weighted by Gasteiger charge is 2.13. The predicted molar refractivity (Wildman–Crippen MR) is 114 cm³/mol. The highest BCUT2D eigenvalue weighted by molar-refractivity contribution is 6.05. The molecular weight excluding hydrogens is 360 g/mol. The van der Waals surface area contributed by atoms with Crippen LogP contribution in [-0.2, 0) is 0 Å². The van der Waals surface area contributed by atoms with E-state index in [2.05, 4.69) is 12.1 Å². The number of ether oxygens (including phenoxy) is 1. The van der Waals surface area contributed by atoms with E-state index in [0.717, 1.165) is 27.3 Å². The molecule has 1 N–H and O–H groups in total. The first-order chi connectivity index (χ1) is 14.1. The van der Waals surface area contributed by atoms with E-state index in [1.54, 1.807) is 31.4 Å². The Kier molecular flexibility index (Phi) is 4.61. The molecule has 0 aliphatic heterocycles. The van der Waals surface area contributed by atoms with E-state index in [9.17, 15) is 15.6 Å². The highest BCUT2D eigenvalue weighted by Crippen LogP contribution is 2.31. The Hall–Kier alpha value is -4.28. The summed E-state index contributed by atoms with van der Waals surface area (Å²) in [6.07, 6.45) is 0. The summed E-state index contributed by atoms with van der Waals surface area (Å²) in [7, 11) is 1.62. The summed E-state index contributed by atoms with van der Waals surface area (Å²) in [6.45, 7) is 0. The van der Waals surface area contributed by atoms with Gasteiger partial charge in [0.05, 0.1) is 18.3 Å². The summed E-state index contributed by atoms with van der Waals surface area (Å²) in [6, 6.07) is 26.3. The summed E-state index contributed by atoms with van der Waals surface area (Å²) in [5.41, 5.74) is 1.99. The van der Waals surface area contributed by atoms with E-state index in [0.29, 0.717) is 22.3 Å². The van der Waals surface area contributed by atoms with Crippen LogP contribution in [0.1, 0.15) is 11.1 Å². The van der Waals surface area contributed by atoms with Crippen LogP contribution < -0.4 is 4.74 Å². The number of phenolic OH excluding ortho intramolecular Hbond substituents is 1. The van der Waals surface area contributed by atoms with Gasteiger partial charge >= 0.3 is 0 Å². The molecule has 0 spiro atoms. The molecule has 0 unspecified atom stereocenters. The average Bonchev–Trinajstić information content (AvgIpc) is 2.76. The average molecular weight is 376 g/mol. The fourth-order valence-corrected chi connectivity index (χ4v) is 3.42. The van der Waals surface area contributed by atoms with Crippen LogP contribution in [-0.4, -0.2) is 12.2 Å². The summed E-state index contributed by atoms with van der Waals surface area (Å²) in [5.74, 6) is 0.952. The van der Waals surface area contributed by atoms with Crippen molar-refractivity contribution in [3.63, 3.8) is 0 Å². The number of hydrogen-bond acceptors (Lipinski definition) is 4. The number of rotatable bonds is 3. The van der Waals surface area contributed by atoms with Crippen LogP contribution in [0, 0.1) is 22.7 Å². The van der Waals surface area contributed by atoms with Crippen molar-refractivity contribution in [2.45, 2.75) is 0 Å². The summed E-state index contributed by atoms with van der Waals surface area (Å²) >= 11 is 0. The zero-order valence-electron chi connectivity index (χ0n) is 15.7. The number of benzene rings is 4. The van der Waals surface area contributed by atoms with Crippen LogP contribution in [0.2, 0.25) is 0 Å². The van der Waals surface area contributed by atoms with Gasteiger partial charge < -0.3 is 9.84 Å². The molecule has 4 rings (SSSR count). The molecule has 0 aliphatic rings. The third kappa shape index (κ3) is 3.36. The van der Waals surface area contributed by atoms with E-state index < -0.39 is 0 Å². The topological polar surface area (TPSA) is 77.0 Å².